The van der Waals surface area contributed by atoms with Gasteiger partial charge in [0.25, 0.3) is 0 Å². The Morgan fingerprint density at radius 3 is 1.61 bits per heavy atom. The number of ether oxygens (including phenoxy) is 2. The van der Waals surface area contributed by atoms with Crippen molar-refractivity contribution in [1.82, 2.24) is 5.32 Å². The van der Waals surface area contributed by atoms with Gasteiger partial charge in [0.05, 0.1) is 25.4 Å². The van der Waals surface area contributed by atoms with Crippen molar-refractivity contribution in [3.8, 4) is 0 Å². The number of allylic oxidation sites excluding steroid dienone is 9. The second-order valence-corrected chi connectivity index (χ2v) is 16.5. The zero-order valence-electron chi connectivity index (χ0n) is 37.5. The third-order valence-corrected chi connectivity index (χ3v) is 11.1. The SMILES string of the molecule is C/C=C/CC/C=C/CC/C=C/C(O)C(COC1OC(CO)C(O)C(O)C1O)NC(=O)CCCCCCCCCCCCC/C=C\C/C=C\CCCCCCCCCCC. The van der Waals surface area contributed by atoms with E-state index in [1.807, 2.05) is 19.1 Å². The molecule has 1 heterocycles. The van der Waals surface area contributed by atoms with Crippen molar-refractivity contribution in [2.24, 2.45) is 0 Å². The minimum atomic E-state index is -1.57. The smallest absolute Gasteiger partial charge is 0.220 e. The van der Waals surface area contributed by atoms with Crippen LogP contribution in [0.5, 0.6) is 0 Å². The number of carbonyl (C=O) groups excluding carboxylic acids is 1. The second kappa shape index (κ2) is 40.0. The fraction of sp³-hybridized carbons (Fsp3) is 0.780. The molecule has 1 fully saturated rings. The number of rotatable bonds is 39. The predicted molar refractivity (Wildman–Crippen MR) is 244 cm³/mol. The van der Waals surface area contributed by atoms with E-state index in [1.54, 1.807) is 6.08 Å². The van der Waals surface area contributed by atoms with Gasteiger partial charge >= 0.3 is 0 Å². The first-order valence-electron chi connectivity index (χ1n) is 24.0. The van der Waals surface area contributed by atoms with Gasteiger partial charge in [0.15, 0.2) is 6.29 Å². The van der Waals surface area contributed by atoms with Gasteiger partial charge in [-0.2, -0.15) is 0 Å². The molecule has 7 unspecified atom stereocenters. The summed E-state index contributed by atoms with van der Waals surface area (Å²) in [4.78, 5) is 12.9. The number of carbonyl (C=O) groups is 1. The van der Waals surface area contributed by atoms with Crippen LogP contribution in [0, 0.1) is 0 Å². The molecule has 59 heavy (non-hydrogen) atoms. The van der Waals surface area contributed by atoms with Crippen LogP contribution >= 0.6 is 0 Å². The van der Waals surface area contributed by atoms with Crippen molar-refractivity contribution in [3.05, 3.63) is 60.8 Å². The second-order valence-electron chi connectivity index (χ2n) is 16.5. The van der Waals surface area contributed by atoms with Crippen molar-refractivity contribution >= 4 is 5.91 Å². The van der Waals surface area contributed by atoms with E-state index in [9.17, 15) is 30.3 Å². The summed E-state index contributed by atoms with van der Waals surface area (Å²) in [6.45, 7) is 3.50. The van der Waals surface area contributed by atoms with E-state index >= 15 is 0 Å². The Kier molecular flexibility index (Phi) is 37.2. The lowest BCUT2D eigenvalue weighted by Crippen LogP contribution is -2.60. The Hall–Kier alpha value is -2.11. The lowest BCUT2D eigenvalue weighted by molar-refractivity contribution is -0.302. The largest absolute Gasteiger partial charge is 0.394 e. The van der Waals surface area contributed by atoms with E-state index < -0.39 is 49.5 Å². The third kappa shape index (κ3) is 30.6. The van der Waals surface area contributed by atoms with Crippen molar-refractivity contribution < 1.29 is 39.8 Å². The molecule has 0 spiro atoms. The first-order valence-corrected chi connectivity index (χ1v) is 24.0. The van der Waals surface area contributed by atoms with Gasteiger partial charge in [0, 0.05) is 6.42 Å². The van der Waals surface area contributed by atoms with Gasteiger partial charge < -0.3 is 40.3 Å². The topological polar surface area (TPSA) is 149 Å². The molecule has 1 aliphatic heterocycles. The highest BCUT2D eigenvalue weighted by Gasteiger charge is 2.44. The Balaban J connectivity index is 2.20. The molecule has 1 rings (SSSR count). The summed E-state index contributed by atoms with van der Waals surface area (Å²) < 4.78 is 11.2. The Bertz CT molecular complexity index is 1100. The summed E-state index contributed by atoms with van der Waals surface area (Å²) in [5.74, 6) is -0.198. The van der Waals surface area contributed by atoms with Crippen LogP contribution in [0.1, 0.15) is 194 Å². The normalized spacial score (nSPS) is 21.2. The highest BCUT2D eigenvalue weighted by molar-refractivity contribution is 5.76. The number of amides is 1. The Morgan fingerprint density at radius 2 is 1.08 bits per heavy atom. The van der Waals surface area contributed by atoms with Crippen LogP contribution in [0.3, 0.4) is 0 Å². The molecular weight excluding hydrogens is 743 g/mol. The van der Waals surface area contributed by atoms with E-state index in [4.69, 9.17) is 9.47 Å². The van der Waals surface area contributed by atoms with Gasteiger partial charge in [0.2, 0.25) is 5.91 Å². The molecule has 6 N–H and O–H groups in total. The minimum Gasteiger partial charge on any atom is -0.394 e. The molecule has 0 aliphatic carbocycles. The van der Waals surface area contributed by atoms with Gasteiger partial charge in [-0.15, -0.1) is 0 Å². The van der Waals surface area contributed by atoms with Crippen LogP contribution in [0.4, 0.5) is 0 Å². The summed E-state index contributed by atoms with van der Waals surface area (Å²) in [5, 5.41) is 54.0. The summed E-state index contributed by atoms with van der Waals surface area (Å²) in [5.41, 5.74) is 0. The first-order chi connectivity index (χ1) is 28.8. The molecule has 1 saturated heterocycles. The average molecular weight is 832 g/mol. The number of nitrogens with one attached hydrogen (secondary N) is 1. The molecule has 7 atom stereocenters. The monoisotopic (exact) mass is 832 g/mol. The molecule has 1 aliphatic rings. The zero-order chi connectivity index (χ0) is 43.0. The summed E-state index contributed by atoms with van der Waals surface area (Å²) in [7, 11) is 0. The number of hydrogen-bond donors (Lipinski definition) is 6. The fourth-order valence-corrected chi connectivity index (χ4v) is 7.28. The maximum Gasteiger partial charge on any atom is 0.220 e. The molecule has 0 saturated carbocycles. The van der Waals surface area contributed by atoms with Gasteiger partial charge in [-0.05, 0) is 71.1 Å². The molecular formula is C50H89NO8. The van der Waals surface area contributed by atoms with Gasteiger partial charge in [-0.25, -0.2) is 0 Å². The maximum absolute atomic E-state index is 12.9. The third-order valence-electron chi connectivity index (χ3n) is 11.1. The molecule has 0 bridgehead atoms. The van der Waals surface area contributed by atoms with Gasteiger partial charge in [0.1, 0.15) is 24.4 Å². The number of hydrogen-bond acceptors (Lipinski definition) is 8. The highest BCUT2D eigenvalue weighted by atomic mass is 16.7. The standard InChI is InChI=1S/C50H89NO8/c1-3-5-7-9-11-13-14-15-16-17-18-19-20-21-22-23-24-25-26-27-28-29-30-32-34-36-38-40-46(54)51-43(44(53)39-37-35-33-31-12-10-8-6-4-2)42-58-50-49(57)48(56)47(55)45(41-52)59-50/h4,6,12,18-19,21-22,31,37,39,43-45,47-50,52-53,55-57H,3,5,7-11,13-17,20,23-30,32-36,38,40-42H2,1-2H3,(H,51,54)/b6-4+,19-18-,22-21-,31-12+,39-37+. The molecule has 0 radical (unpaired) electrons. The lowest BCUT2D eigenvalue weighted by Gasteiger charge is -2.40. The quantitative estimate of drug-likeness (QED) is 0.0265. The predicted octanol–water partition coefficient (Wildman–Crippen LogP) is 10.4. The highest BCUT2D eigenvalue weighted by Crippen LogP contribution is 2.22. The van der Waals surface area contributed by atoms with E-state index in [-0.39, 0.29) is 12.5 Å². The van der Waals surface area contributed by atoms with E-state index in [0.717, 1.165) is 51.4 Å². The number of aliphatic hydroxyl groups excluding tert-OH is 5. The van der Waals surface area contributed by atoms with E-state index in [0.29, 0.717) is 6.42 Å². The number of aliphatic hydroxyl groups is 5. The van der Waals surface area contributed by atoms with Crippen molar-refractivity contribution in [2.75, 3.05) is 13.2 Å². The van der Waals surface area contributed by atoms with Crippen molar-refractivity contribution in [2.45, 2.75) is 236 Å². The summed E-state index contributed by atoms with van der Waals surface area (Å²) in [6, 6.07) is -0.828. The van der Waals surface area contributed by atoms with E-state index in [2.05, 4.69) is 54.8 Å². The van der Waals surface area contributed by atoms with Crippen molar-refractivity contribution in [3.63, 3.8) is 0 Å². The summed E-state index contributed by atoms with van der Waals surface area (Å²) >= 11 is 0. The Labute approximate surface area is 360 Å². The van der Waals surface area contributed by atoms with E-state index in [1.165, 1.54) is 122 Å². The molecule has 0 aromatic carbocycles. The molecule has 0 aromatic rings. The molecule has 1 amide bonds. The van der Waals surface area contributed by atoms with Crippen LogP contribution < -0.4 is 5.32 Å². The molecule has 9 heteroatoms. The lowest BCUT2D eigenvalue weighted by atomic mass is 9.99. The first kappa shape index (κ1) is 54.9. The van der Waals surface area contributed by atoms with Crippen LogP contribution in [-0.4, -0.2) is 87.5 Å². The number of unbranched alkanes of at least 4 members (excludes halogenated alkanes) is 22. The van der Waals surface area contributed by atoms with Crippen LogP contribution in [-0.2, 0) is 14.3 Å². The van der Waals surface area contributed by atoms with Crippen LogP contribution in [0.2, 0.25) is 0 Å². The van der Waals surface area contributed by atoms with Crippen LogP contribution in [0.25, 0.3) is 0 Å². The maximum atomic E-state index is 12.9. The molecule has 0 aromatic heterocycles. The Morgan fingerprint density at radius 1 is 0.610 bits per heavy atom. The molecule has 9 nitrogen and oxygen atoms in total. The fourth-order valence-electron chi connectivity index (χ4n) is 7.28. The minimum absolute atomic E-state index is 0.198. The van der Waals surface area contributed by atoms with Gasteiger partial charge in [-0.3, -0.25) is 4.79 Å². The summed E-state index contributed by atoms with van der Waals surface area (Å²) in [6.07, 6.45) is 46.0. The van der Waals surface area contributed by atoms with Gasteiger partial charge in [-0.1, -0.05) is 177 Å². The van der Waals surface area contributed by atoms with Crippen molar-refractivity contribution in [1.29, 1.82) is 0 Å². The van der Waals surface area contributed by atoms with Crippen LogP contribution in [0.15, 0.2) is 60.8 Å². The zero-order valence-corrected chi connectivity index (χ0v) is 37.5. The molecule has 342 valence electrons. The average Bonchev–Trinajstić information content (AvgIpc) is 3.23.